The Morgan fingerprint density at radius 1 is 1.24 bits per heavy atom. The highest BCUT2D eigenvalue weighted by Gasteiger charge is 2.25. The highest BCUT2D eigenvalue weighted by molar-refractivity contribution is 5.78. The molecule has 132 valence electrons. The third-order valence-electron chi connectivity index (χ3n) is 5.01. The molecule has 1 aliphatic rings. The predicted octanol–water partition coefficient (Wildman–Crippen LogP) is 3.23. The van der Waals surface area contributed by atoms with Gasteiger partial charge in [-0.1, -0.05) is 24.3 Å². The molecule has 25 heavy (non-hydrogen) atoms. The van der Waals surface area contributed by atoms with Crippen LogP contribution in [0.1, 0.15) is 35.4 Å². The Bertz CT molecular complexity index is 701. The van der Waals surface area contributed by atoms with Gasteiger partial charge in [0.2, 0.25) is 5.91 Å². The zero-order valence-corrected chi connectivity index (χ0v) is 15.2. The van der Waals surface area contributed by atoms with Crippen LogP contribution in [0.2, 0.25) is 0 Å². The minimum atomic E-state index is 0.231. The van der Waals surface area contributed by atoms with Crippen molar-refractivity contribution in [2.45, 2.75) is 32.2 Å². The molecule has 0 N–H and O–H groups in total. The minimum absolute atomic E-state index is 0.231. The normalized spacial score (nSPS) is 17.7. The van der Waals surface area contributed by atoms with E-state index in [4.69, 9.17) is 0 Å². The smallest absolute Gasteiger partial charge is 0.236 e. The molecule has 3 rings (SSSR count). The Morgan fingerprint density at radius 3 is 2.76 bits per heavy atom. The van der Waals surface area contributed by atoms with Gasteiger partial charge in [0.1, 0.15) is 0 Å². The second kappa shape index (κ2) is 8.26. The van der Waals surface area contributed by atoms with Gasteiger partial charge in [0.15, 0.2) is 0 Å². The fourth-order valence-corrected chi connectivity index (χ4v) is 3.69. The second-order valence-electron chi connectivity index (χ2n) is 7.06. The zero-order chi connectivity index (χ0) is 17.6. The monoisotopic (exact) mass is 337 g/mol. The maximum atomic E-state index is 12.7. The molecule has 1 amide bonds. The first-order chi connectivity index (χ1) is 12.1. The number of likely N-dealkylation sites (tertiary alicyclic amines) is 1. The summed E-state index contributed by atoms with van der Waals surface area (Å²) in [5.41, 5.74) is 3.91. The standard InChI is InChI=1S/C21H27N3O/c1-17-6-3-4-8-20(17)19-7-5-13-24(15-19)21(25)16-23(2)14-18-9-11-22-12-10-18/h3-4,6,8-12,19H,5,7,13-16H2,1-2H3/t19-/m1/s1. The Morgan fingerprint density at radius 2 is 2.00 bits per heavy atom. The molecule has 0 unspecified atom stereocenters. The van der Waals surface area contributed by atoms with E-state index < -0.39 is 0 Å². The molecular formula is C21H27N3O. The number of piperidine rings is 1. The molecular weight excluding hydrogens is 310 g/mol. The van der Waals surface area contributed by atoms with E-state index in [9.17, 15) is 4.79 Å². The molecule has 1 fully saturated rings. The van der Waals surface area contributed by atoms with Crippen molar-refractivity contribution in [3.05, 3.63) is 65.5 Å². The van der Waals surface area contributed by atoms with Gasteiger partial charge in [0.25, 0.3) is 0 Å². The van der Waals surface area contributed by atoms with Gasteiger partial charge in [0.05, 0.1) is 6.54 Å². The van der Waals surface area contributed by atoms with E-state index in [2.05, 4.69) is 41.1 Å². The number of aryl methyl sites for hydroxylation is 1. The molecule has 4 heteroatoms. The van der Waals surface area contributed by atoms with Crippen LogP contribution in [0, 0.1) is 6.92 Å². The largest absolute Gasteiger partial charge is 0.341 e. The van der Waals surface area contributed by atoms with Crippen LogP contribution in [0.3, 0.4) is 0 Å². The summed E-state index contributed by atoms with van der Waals surface area (Å²) in [5.74, 6) is 0.694. The van der Waals surface area contributed by atoms with Crippen LogP contribution >= 0.6 is 0 Å². The number of nitrogens with zero attached hydrogens (tertiary/aromatic N) is 3. The molecule has 2 heterocycles. The Balaban J connectivity index is 1.57. The van der Waals surface area contributed by atoms with Crippen molar-refractivity contribution in [2.24, 2.45) is 0 Å². The topological polar surface area (TPSA) is 36.4 Å². The van der Waals surface area contributed by atoms with E-state index in [0.29, 0.717) is 12.5 Å². The number of pyridine rings is 1. The molecule has 1 atom stereocenters. The lowest BCUT2D eigenvalue weighted by atomic mass is 9.88. The van der Waals surface area contributed by atoms with E-state index in [-0.39, 0.29) is 5.91 Å². The van der Waals surface area contributed by atoms with Gasteiger partial charge in [-0.25, -0.2) is 0 Å². The summed E-state index contributed by atoms with van der Waals surface area (Å²) in [5, 5.41) is 0. The van der Waals surface area contributed by atoms with Gasteiger partial charge >= 0.3 is 0 Å². The van der Waals surface area contributed by atoms with Gasteiger partial charge in [0, 0.05) is 37.9 Å². The average molecular weight is 337 g/mol. The summed E-state index contributed by atoms with van der Waals surface area (Å²) in [6.45, 7) is 5.11. The zero-order valence-electron chi connectivity index (χ0n) is 15.2. The molecule has 1 aromatic carbocycles. The lowest BCUT2D eigenvalue weighted by molar-refractivity contribution is -0.133. The van der Waals surface area contributed by atoms with Crippen LogP contribution in [0.5, 0.6) is 0 Å². The average Bonchev–Trinajstić information content (AvgIpc) is 2.63. The van der Waals surface area contributed by atoms with Crippen molar-refractivity contribution in [3.63, 3.8) is 0 Å². The molecule has 1 aromatic heterocycles. The predicted molar refractivity (Wildman–Crippen MR) is 100 cm³/mol. The number of rotatable bonds is 5. The number of amides is 1. The van der Waals surface area contributed by atoms with Crippen LogP contribution in [0.25, 0.3) is 0 Å². The highest BCUT2D eigenvalue weighted by atomic mass is 16.2. The number of aromatic nitrogens is 1. The summed E-state index contributed by atoms with van der Waals surface area (Å²) in [4.78, 5) is 20.9. The van der Waals surface area contributed by atoms with E-state index in [1.54, 1.807) is 12.4 Å². The fraction of sp³-hybridized carbons (Fsp3) is 0.429. The van der Waals surface area contributed by atoms with Gasteiger partial charge in [-0.05, 0) is 55.6 Å². The van der Waals surface area contributed by atoms with Gasteiger partial charge < -0.3 is 4.90 Å². The van der Waals surface area contributed by atoms with Gasteiger partial charge in [-0.2, -0.15) is 0 Å². The molecule has 0 bridgehead atoms. The summed E-state index contributed by atoms with van der Waals surface area (Å²) >= 11 is 0. The molecule has 0 aliphatic carbocycles. The quantitative estimate of drug-likeness (QED) is 0.840. The SMILES string of the molecule is Cc1ccccc1[C@@H]1CCCN(C(=O)CN(C)Cc2ccncc2)C1. The summed E-state index contributed by atoms with van der Waals surface area (Å²) < 4.78 is 0. The van der Waals surface area contributed by atoms with Gasteiger partial charge in [-0.15, -0.1) is 0 Å². The maximum absolute atomic E-state index is 12.7. The van der Waals surface area contributed by atoms with E-state index in [0.717, 1.165) is 26.1 Å². The van der Waals surface area contributed by atoms with Crippen molar-refractivity contribution in [1.29, 1.82) is 0 Å². The maximum Gasteiger partial charge on any atom is 0.236 e. The molecule has 0 spiro atoms. The van der Waals surface area contributed by atoms with Crippen molar-refractivity contribution in [2.75, 3.05) is 26.7 Å². The van der Waals surface area contributed by atoms with Crippen LogP contribution in [-0.2, 0) is 11.3 Å². The lowest BCUT2D eigenvalue weighted by Crippen LogP contribution is -2.43. The fourth-order valence-electron chi connectivity index (χ4n) is 3.69. The number of carbonyl (C=O) groups excluding carboxylic acids is 1. The minimum Gasteiger partial charge on any atom is -0.341 e. The summed E-state index contributed by atoms with van der Waals surface area (Å²) in [6, 6.07) is 12.6. The third kappa shape index (κ3) is 4.67. The summed E-state index contributed by atoms with van der Waals surface area (Å²) in [7, 11) is 2.00. The number of hydrogen-bond acceptors (Lipinski definition) is 3. The molecule has 0 saturated carbocycles. The van der Waals surface area contributed by atoms with Crippen molar-refractivity contribution < 1.29 is 4.79 Å². The molecule has 2 aromatic rings. The first kappa shape index (κ1) is 17.6. The van der Waals surface area contributed by atoms with E-state index in [1.807, 2.05) is 24.1 Å². The van der Waals surface area contributed by atoms with Crippen LogP contribution < -0.4 is 0 Å². The highest BCUT2D eigenvalue weighted by Crippen LogP contribution is 2.29. The second-order valence-corrected chi connectivity index (χ2v) is 7.06. The van der Waals surface area contributed by atoms with Crippen LogP contribution in [0.15, 0.2) is 48.8 Å². The Hall–Kier alpha value is -2.20. The molecule has 4 nitrogen and oxygen atoms in total. The lowest BCUT2D eigenvalue weighted by Gasteiger charge is -2.34. The van der Waals surface area contributed by atoms with E-state index >= 15 is 0 Å². The molecule has 0 radical (unpaired) electrons. The molecule has 1 saturated heterocycles. The molecule has 1 aliphatic heterocycles. The number of carbonyl (C=O) groups is 1. The van der Waals surface area contributed by atoms with Crippen LogP contribution in [0.4, 0.5) is 0 Å². The third-order valence-corrected chi connectivity index (χ3v) is 5.01. The number of benzene rings is 1. The first-order valence-electron chi connectivity index (χ1n) is 9.04. The number of hydrogen-bond donors (Lipinski definition) is 0. The summed E-state index contributed by atoms with van der Waals surface area (Å²) in [6.07, 6.45) is 5.84. The number of likely N-dealkylation sites (N-methyl/N-ethyl adjacent to an activating group) is 1. The van der Waals surface area contributed by atoms with Crippen molar-refractivity contribution in [3.8, 4) is 0 Å². The van der Waals surface area contributed by atoms with Crippen LogP contribution in [-0.4, -0.2) is 47.4 Å². The van der Waals surface area contributed by atoms with Crippen molar-refractivity contribution >= 4 is 5.91 Å². The van der Waals surface area contributed by atoms with E-state index in [1.165, 1.54) is 23.1 Å². The Labute approximate surface area is 150 Å². The Kier molecular flexibility index (Phi) is 5.82. The van der Waals surface area contributed by atoms with Crippen molar-refractivity contribution in [1.82, 2.24) is 14.8 Å². The van der Waals surface area contributed by atoms with Gasteiger partial charge in [-0.3, -0.25) is 14.7 Å². The first-order valence-corrected chi connectivity index (χ1v) is 9.04.